The number of ether oxygens (including phenoxy) is 1. The minimum atomic E-state index is -2.39. The van der Waals surface area contributed by atoms with Gasteiger partial charge in [0.15, 0.2) is 0 Å². The molecule has 0 aliphatic carbocycles. The third kappa shape index (κ3) is 6.66. The predicted molar refractivity (Wildman–Crippen MR) is 126 cm³/mol. The Bertz CT molecular complexity index is 998. The lowest BCUT2D eigenvalue weighted by atomic mass is 9.87. The molecule has 0 bridgehead atoms. The van der Waals surface area contributed by atoms with E-state index in [9.17, 15) is 13.9 Å². The SMILES string of the molecule is CN(C)CCOc1ccc(C(=C(CCC(F)F)c2ccccc2)c2ccc(O)cc2)cc1. The Hall–Kier alpha value is -3.18. The molecule has 0 atom stereocenters. The van der Waals surface area contributed by atoms with Crippen LogP contribution in [-0.2, 0) is 0 Å². The van der Waals surface area contributed by atoms with Crippen molar-refractivity contribution in [3.8, 4) is 11.5 Å². The van der Waals surface area contributed by atoms with Crippen molar-refractivity contribution in [2.75, 3.05) is 27.2 Å². The van der Waals surface area contributed by atoms with E-state index in [1.807, 2.05) is 80.8 Å². The average molecular weight is 438 g/mol. The fourth-order valence-corrected chi connectivity index (χ4v) is 3.51. The molecular formula is C27H29F2NO2. The van der Waals surface area contributed by atoms with Gasteiger partial charge in [0.2, 0.25) is 6.43 Å². The Labute approximate surface area is 188 Å². The van der Waals surface area contributed by atoms with Gasteiger partial charge in [-0.1, -0.05) is 54.6 Å². The number of phenols is 1. The number of likely N-dealkylation sites (N-methyl/N-ethyl adjacent to an activating group) is 1. The lowest BCUT2D eigenvalue weighted by Gasteiger charge is -2.18. The molecule has 5 heteroatoms. The Morgan fingerprint density at radius 1 is 0.844 bits per heavy atom. The Morgan fingerprint density at radius 2 is 1.44 bits per heavy atom. The van der Waals surface area contributed by atoms with E-state index >= 15 is 0 Å². The first-order valence-corrected chi connectivity index (χ1v) is 10.7. The second kappa shape index (κ2) is 11.4. The third-order valence-electron chi connectivity index (χ3n) is 5.14. The summed E-state index contributed by atoms with van der Waals surface area (Å²) in [5, 5.41) is 9.76. The monoisotopic (exact) mass is 437 g/mol. The number of hydrogen-bond donors (Lipinski definition) is 1. The maximum Gasteiger partial charge on any atom is 0.239 e. The maximum absolute atomic E-state index is 13.2. The van der Waals surface area contributed by atoms with Crippen molar-refractivity contribution in [3.05, 3.63) is 95.6 Å². The molecule has 32 heavy (non-hydrogen) atoms. The second-order valence-corrected chi connectivity index (χ2v) is 7.87. The van der Waals surface area contributed by atoms with E-state index in [0.717, 1.165) is 40.1 Å². The molecule has 0 aliphatic heterocycles. The number of aromatic hydroxyl groups is 1. The molecular weight excluding hydrogens is 408 g/mol. The van der Waals surface area contributed by atoms with Gasteiger partial charge in [0.05, 0.1) is 0 Å². The zero-order valence-corrected chi connectivity index (χ0v) is 18.5. The van der Waals surface area contributed by atoms with Crippen LogP contribution in [0.25, 0.3) is 11.1 Å². The normalized spacial score (nSPS) is 12.2. The van der Waals surface area contributed by atoms with Crippen molar-refractivity contribution in [1.29, 1.82) is 0 Å². The molecule has 1 N–H and O–H groups in total. The molecule has 0 unspecified atom stereocenters. The number of phenolic OH excluding ortho intramolecular Hbond substituents is 1. The summed E-state index contributed by atoms with van der Waals surface area (Å²) in [7, 11) is 3.98. The van der Waals surface area contributed by atoms with E-state index in [0.29, 0.717) is 6.61 Å². The first-order valence-electron chi connectivity index (χ1n) is 10.7. The number of rotatable bonds is 10. The Morgan fingerprint density at radius 3 is 2.00 bits per heavy atom. The molecule has 0 saturated carbocycles. The summed E-state index contributed by atoms with van der Waals surface area (Å²) in [4.78, 5) is 2.05. The average Bonchev–Trinajstić information content (AvgIpc) is 2.78. The topological polar surface area (TPSA) is 32.7 Å². The van der Waals surface area contributed by atoms with Crippen LogP contribution in [0.15, 0.2) is 78.9 Å². The highest BCUT2D eigenvalue weighted by Crippen LogP contribution is 2.36. The minimum Gasteiger partial charge on any atom is -0.508 e. The smallest absolute Gasteiger partial charge is 0.239 e. The minimum absolute atomic E-state index is 0.159. The van der Waals surface area contributed by atoms with E-state index in [1.54, 1.807) is 12.1 Å². The molecule has 3 aromatic carbocycles. The van der Waals surface area contributed by atoms with Crippen LogP contribution < -0.4 is 4.74 Å². The highest BCUT2D eigenvalue weighted by atomic mass is 19.3. The molecule has 0 saturated heterocycles. The lowest BCUT2D eigenvalue weighted by Crippen LogP contribution is -2.19. The Kier molecular flexibility index (Phi) is 8.40. The number of halogens is 2. The van der Waals surface area contributed by atoms with Gasteiger partial charge in [0.25, 0.3) is 0 Å². The molecule has 0 aromatic heterocycles. The van der Waals surface area contributed by atoms with Crippen molar-refractivity contribution < 1.29 is 18.6 Å². The molecule has 0 spiro atoms. The van der Waals surface area contributed by atoms with Crippen molar-refractivity contribution in [2.45, 2.75) is 19.3 Å². The van der Waals surface area contributed by atoms with E-state index in [2.05, 4.69) is 4.90 Å². The van der Waals surface area contributed by atoms with Gasteiger partial charge in [-0.2, -0.15) is 0 Å². The van der Waals surface area contributed by atoms with Crippen LogP contribution in [0.3, 0.4) is 0 Å². The van der Waals surface area contributed by atoms with Crippen molar-refractivity contribution in [2.24, 2.45) is 0 Å². The molecule has 3 rings (SSSR count). The van der Waals surface area contributed by atoms with Crippen LogP contribution in [0.4, 0.5) is 8.78 Å². The van der Waals surface area contributed by atoms with E-state index < -0.39 is 6.43 Å². The van der Waals surface area contributed by atoms with E-state index in [4.69, 9.17) is 4.74 Å². The highest BCUT2D eigenvalue weighted by Gasteiger charge is 2.16. The van der Waals surface area contributed by atoms with E-state index in [-0.39, 0.29) is 18.6 Å². The highest BCUT2D eigenvalue weighted by molar-refractivity contribution is 5.98. The summed E-state index contributed by atoms with van der Waals surface area (Å²) in [6, 6.07) is 24.2. The number of benzene rings is 3. The van der Waals surface area contributed by atoms with Crippen molar-refractivity contribution in [1.82, 2.24) is 4.90 Å². The number of allylic oxidation sites excluding steroid dienone is 1. The Balaban J connectivity index is 2.06. The number of hydrogen-bond acceptors (Lipinski definition) is 3. The summed E-state index contributed by atoms with van der Waals surface area (Å²) in [6.07, 6.45) is -2.38. The van der Waals surface area contributed by atoms with Crippen LogP contribution in [0.2, 0.25) is 0 Å². The van der Waals surface area contributed by atoms with Crippen molar-refractivity contribution >= 4 is 11.1 Å². The summed E-state index contributed by atoms with van der Waals surface area (Å²) in [6.45, 7) is 1.39. The zero-order chi connectivity index (χ0) is 22.9. The van der Waals surface area contributed by atoms with Gasteiger partial charge in [-0.25, -0.2) is 8.78 Å². The lowest BCUT2D eigenvalue weighted by molar-refractivity contribution is 0.139. The van der Waals surface area contributed by atoms with Crippen molar-refractivity contribution in [3.63, 3.8) is 0 Å². The molecule has 3 aromatic rings. The fourth-order valence-electron chi connectivity index (χ4n) is 3.51. The molecule has 0 fully saturated rings. The molecule has 0 amide bonds. The predicted octanol–water partition coefficient (Wildman–Crippen LogP) is 6.34. The van der Waals surface area contributed by atoms with Crippen LogP contribution in [0, 0.1) is 0 Å². The van der Waals surface area contributed by atoms with Crippen LogP contribution in [0.1, 0.15) is 29.5 Å². The van der Waals surface area contributed by atoms with E-state index in [1.165, 1.54) is 0 Å². The quantitative estimate of drug-likeness (QED) is 0.376. The summed E-state index contributed by atoms with van der Waals surface area (Å²) in [5.41, 5.74) is 4.39. The fraction of sp³-hybridized carbons (Fsp3) is 0.259. The third-order valence-corrected chi connectivity index (χ3v) is 5.14. The second-order valence-electron chi connectivity index (χ2n) is 7.87. The summed E-state index contributed by atoms with van der Waals surface area (Å²) in [5.74, 6) is 0.918. The maximum atomic E-state index is 13.2. The van der Waals surface area contributed by atoms with Gasteiger partial charge in [0.1, 0.15) is 18.1 Å². The molecule has 168 valence electrons. The standard InChI is InChI=1S/C27H29F2NO2/c1-30(2)18-19-32-24-14-10-22(11-15-24)27(21-8-12-23(31)13-9-21)25(16-17-26(28)29)20-6-4-3-5-7-20/h3-15,26,31H,16-19H2,1-2H3. The first kappa shape index (κ1) is 23.5. The number of nitrogens with zero attached hydrogens (tertiary/aromatic N) is 1. The molecule has 3 nitrogen and oxygen atoms in total. The molecule has 0 heterocycles. The van der Waals surface area contributed by atoms with Gasteiger partial charge in [-0.05, 0) is 72.6 Å². The van der Waals surface area contributed by atoms with Crippen LogP contribution >= 0.6 is 0 Å². The van der Waals surface area contributed by atoms with Crippen LogP contribution in [0.5, 0.6) is 11.5 Å². The zero-order valence-electron chi connectivity index (χ0n) is 18.5. The van der Waals surface area contributed by atoms with Crippen LogP contribution in [-0.4, -0.2) is 43.7 Å². The molecule has 0 radical (unpaired) electrons. The summed E-state index contributed by atoms with van der Waals surface area (Å²) < 4.78 is 32.2. The van der Waals surface area contributed by atoms with Gasteiger partial charge in [-0.15, -0.1) is 0 Å². The molecule has 0 aliphatic rings. The van der Waals surface area contributed by atoms with Gasteiger partial charge >= 0.3 is 0 Å². The van der Waals surface area contributed by atoms with Gasteiger partial charge in [0, 0.05) is 13.0 Å². The first-order chi connectivity index (χ1) is 15.4. The van der Waals surface area contributed by atoms with Gasteiger partial charge < -0.3 is 14.7 Å². The largest absolute Gasteiger partial charge is 0.508 e. The summed E-state index contributed by atoms with van der Waals surface area (Å²) >= 11 is 0. The van der Waals surface area contributed by atoms with Gasteiger partial charge in [-0.3, -0.25) is 0 Å². The number of alkyl halides is 2.